The van der Waals surface area contributed by atoms with Crippen molar-refractivity contribution in [1.29, 1.82) is 0 Å². The average molecular weight is 234 g/mol. The smallest absolute Gasteiger partial charge is 0.112 e. The molecule has 1 aromatic heterocycles. The lowest BCUT2D eigenvalue weighted by molar-refractivity contribution is 0.243. The number of hydrogen-bond acceptors (Lipinski definition) is 4. The fourth-order valence-electron chi connectivity index (χ4n) is 1.47. The molecule has 3 nitrogen and oxygen atoms in total. The van der Waals surface area contributed by atoms with Crippen molar-refractivity contribution in [2.24, 2.45) is 0 Å². The average Bonchev–Trinajstić information content (AvgIpc) is 2.85. The highest BCUT2D eigenvalue weighted by molar-refractivity contribution is 7.09. The van der Waals surface area contributed by atoms with Gasteiger partial charge in [0.05, 0.1) is 12.6 Å². The lowest BCUT2D eigenvalue weighted by Gasteiger charge is -2.13. The summed E-state index contributed by atoms with van der Waals surface area (Å²) in [5.74, 6) is 0. The van der Waals surface area contributed by atoms with Crippen LogP contribution in [-0.2, 0) is 6.54 Å². The maximum Gasteiger partial charge on any atom is 0.112 e. The molecule has 16 heavy (non-hydrogen) atoms. The van der Waals surface area contributed by atoms with Crippen LogP contribution in [0.1, 0.15) is 16.6 Å². The number of nitrogens with one attached hydrogen (secondary N) is 1. The summed E-state index contributed by atoms with van der Waals surface area (Å²) in [7, 11) is 0. The number of hydrogen-bond donors (Lipinski definition) is 2. The highest BCUT2D eigenvalue weighted by atomic mass is 32.1. The summed E-state index contributed by atoms with van der Waals surface area (Å²) in [5.41, 5.74) is 1.21. The van der Waals surface area contributed by atoms with Crippen LogP contribution in [-0.4, -0.2) is 16.7 Å². The Hall–Kier alpha value is -1.23. The summed E-state index contributed by atoms with van der Waals surface area (Å²) in [4.78, 5) is 4.20. The molecule has 1 unspecified atom stereocenters. The van der Waals surface area contributed by atoms with E-state index >= 15 is 0 Å². The SMILES string of the molecule is OCC(NCc1ccccc1)c1nccs1. The van der Waals surface area contributed by atoms with E-state index in [0.29, 0.717) is 0 Å². The maximum atomic E-state index is 9.28. The Bertz CT molecular complexity index is 402. The fourth-order valence-corrected chi connectivity index (χ4v) is 2.18. The first-order valence-electron chi connectivity index (χ1n) is 5.17. The maximum absolute atomic E-state index is 9.28. The number of aliphatic hydroxyl groups is 1. The first-order chi connectivity index (χ1) is 7.90. The van der Waals surface area contributed by atoms with Gasteiger partial charge in [0.1, 0.15) is 5.01 Å². The standard InChI is InChI=1S/C12H14N2OS/c15-9-11(12-13-6-7-16-12)14-8-10-4-2-1-3-5-10/h1-7,11,14-15H,8-9H2. The van der Waals surface area contributed by atoms with Gasteiger partial charge in [-0.1, -0.05) is 30.3 Å². The van der Waals surface area contributed by atoms with Gasteiger partial charge in [0.15, 0.2) is 0 Å². The van der Waals surface area contributed by atoms with Gasteiger partial charge in [0.2, 0.25) is 0 Å². The third-order valence-electron chi connectivity index (χ3n) is 2.33. The molecule has 0 spiro atoms. The van der Waals surface area contributed by atoms with E-state index < -0.39 is 0 Å². The Labute approximate surface area is 98.8 Å². The Morgan fingerprint density at radius 2 is 2.12 bits per heavy atom. The second-order valence-electron chi connectivity index (χ2n) is 3.47. The minimum Gasteiger partial charge on any atom is -0.394 e. The zero-order valence-electron chi connectivity index (χ0n) is 8.84. The van der Waals surface area contributed by atoms with Crippen molar-refractivity contribution in [3.8, 4) is 0 Å². The zero-order valence-corrected chi connectivity index (χ0v) is 9.65. The second-order valence-corrected chi connectivity index (χ2v) is 4.40. The highest BCUT2D eigenvalue weighted by Crippen LogP contribution is 2.15. The first-order valence-corrected chi connectivity index (χ1v) is 6.05. The molecule has 0 amide bonds. The van der Waals surface area contributed by atoms with E-state index in [2.05, 4.69) is 22.4 Å². The Kier molecular flexibility index (Phi) is 4.04. The van der Waals surface area contributed by atoms with Gasteiger partial charge in [-0.2, -0.15) is 0 Å². The molecule has 84 valence electrons. The van der Waals surface area contributed by atoms with E-state index in [1.54, 1.807) is 17.5 Å². The van der Waals surface area contributed by atoms with Crippen LogP contribution in [0, 0.1) is 0 Å². The minimum atomic E-state index is -0.0693. The van der Waals surface area contributed by atoms with Gasteiger partial charge in [0, 0.05) is 18.1 Å². The summed E-state index contributed by atoms with van der Waals surface area (Å²) in [5, 5.41) is 15.4. The number of rotatable bonds is 5. The largest absolute Gasteiger partial charge is 0.394 e. The van der Waals surface area contributed by atoms with E-state index in [-0.39, 0.29) is 12.6 Å². The molecule has 0 saturated carbocycles. The minimum absolute atomic E-state index is 0.0693. The molecule has 1 atom stereocenters. The molecule has 1 aromatic carbocycles. The monoisotopic (exact) mass is 234 g/mol. The number of aromatic nitrogens is 1. The molecule has 0 aliphatic heterocycles. The third-order valence-corrected chi connectivity index (χ3v) is 3.22. The molecule has 2 rings (SSSR count). The van der Waals surface area contributed by atoms with Gasteiger partial charge >= 0.3 is 0 Å². The van der Waals surface area contributed by atoms with Gasteiger partial charge in [0.25, 0.3) is 0 Å². The highest BCUT2D eigenvalue weighted by Gasteiger charge is 2.11. The van der Waals surface area contributed by atoms with Gasteiger partial charge in [-0.15, -0.1) is 11.3 Å². The normalized spacial score (nSPS) is 12.6. The molecule has 2 aromatic rings. The topological polar surface area (TPSA) is 45.1 Å². The first kappa shape index (κ1) is 11.3. The van der Waals surface area contributed by atoms with E-state index in [1.807, 2.05) is 23.6 Å². The summed E-state index contributed by atoms with van der Waals surface area (Å²) in [6.07, 6.45) is 1.76. The van der Waals surface area contributed by atoms with Crippen molar-refractivity contribution in [3.63, 3.8) is 0 Å². The molecular weight excluding hydrogens is 220 g/mol. The number of thiazole rings is 1. The zero-order chi connectivity index (χ0) is 11.2. The third kappa shape index (κ3) is 2.88. The molecule has 0 bridgehead atoms. The predicted molar refractivity (Wildman–Crippen MR) is 65.2 cm³/mol. The van der Waals surface area contributed by atoms with Crippen LogP contribution in [0.25, 0.3) is 0 Å². The lowest BCUT2D eigenvalue weighted by atomic mass is 10.2. The van der Waals surface area contributed by atoms with E-state index in [1.165, 1.54) is 5.56 Å². The summed E-state index contributed by atoms with van der Waals surface area (Å²) in [6, 6.07) is 10.1. The summed E-state index contributed by atoms with van der Waals surface area (Å²) >= 11 is 1.56. The number of nitrogens with zero attached hydrogens (tertiary/aromatic N) is 1. The van der Waals surface area contributed by atoms with E-state index in [9.17, 15) is 5.11 Å². The van der Waals surface area contributed by atoms with Crippen LogP contribution in [0.4, 0.5) is 0 Å². The van der Waals surface area contributed by atoms with Crippen molar-refractivity contribution >= 4 is 11.3 Å². The predicted octanol–water partition coefficient (Wildman–Crippen LogP) is 1.97. The molecule has 0 saturated heterocycles. The van der Waals surface area contributed by atoms with Crippen LogP contribution >= 0.6 is 11.3 Å². The quantitative estimate of drug-likeness (QED) is 0.831. The molecule has 2 N–H and O–H groups in total. The van der Waals surface area contributed by atoms with Crippen LogP contribution in [0.15, 0.2) is 41.9 Å². The number of aliphatic hydroxyl groups excluding tert-OH is 1. The molecule has 0 aliphatic rings. The fraction of sp³-hybridized carbons (Fsp3) is 0.250. The van der Waals surface area contributed by atoms with Crippen LogP contribution < -0.4 is 5.32 Å². The molecule has 0 fully saturated rings. The molecule has 0 aliphatic carbocycles. The Balaban J connectivity index is 1.94. The van der Waals surface area contributed by atoms with Crippen LogP contribution in [0.3, 0.4) is 0 Å². The molecule has 0 radical (unpaired) electrons. The summed E-state index contributed by atoms with van der Waals surface area (Å²) in [6.45, 7) is 0.812. The second kappa shape index (κ2) is 5.75. The van der Waals surface area contributed by atoms with Gasteiger partial charge < -0.3 is 10.4 Å². The van der Waals surface area contributed by atoms with Crippen LogP contribution in [0.2, 0.25) is 0 Å². The van der Waals surface area contributed by atoms with E-state index in [4.69, 9.17) is 0 Å². The lowest BCUT2D eigenvalue weighted by Crippen LogP contribution is -2.23. The van der Waals surface area contributed by atoms with Gasteiger partial charge in [-0.3, -0.25) is 0 Å². The van der Waals surface area contributed by atoms with E-state index in [0.717, 1.165) is 11.6 Å². The van der Waals surface area contributed by atoms with Crippen molar-refractivity contribution in [2.45, 2.75) is 12.6 Å². The molecule has 4 heteroatoms. The summed E-state index contributed by atoms with van der Waals surface area (Å²) < 4.78 is 0. The van der Waals surface area contributed by atoms with Crippen molar-refractivity contribution < 1.29 is 5.11 Å². The Morgan fingerprint density at radius 3 is 2.75 bits per heavy atom. The van der Waals surface area contributed by atoms with Crippen LogP contribution in [0.5, 0.6) is 0 Å². The van der Waals surface area contributed by atoms with Crippen molar-refractivity contribution in [3.05, 3.63) is 52.5 Å². The number of benzene rings is 1. The van der Waals surface area contributed by atoms with Gasteiger partial charge in [-0.05, 0) is 5.56 Å². The van der Waals surface area contributed by atoms with Crippen molar-refractivity contribution in [2.75, 3.05) is 6.61 Å². The Morgan fingerprint density at radius 1 is 1.31 bits per heavy atom. The molecule has 1 heterocycles. The van der Waals surface area contributed by atoms with Gasteiger partial charge in [-0.25, -0.2) is 4.98 Å². The van der Waals surface area contributed by atoms with Crippen molar-refractivity contribution in [1.82, 2.24) is 10.3 Å². The molecular formula is C12H14N2OS.